The molecule has 2 rings (SSSR count). The van der Waals surface area contributed by atoms with Gasteiger partial charge in [-0.05, 0) is 36.4 Å². The molecule has 0 radical (unpaired) electrons. The Morgan fingerprint density at radius 1 is 1.22 bits per heavy atom. The van der Waals surface area contributed by atoms with E-state index >= 15 is 0 Å². The minimum atomic E-state index is -0.561. The highest BCUT2D eigenvalue weighted by Gasteiger charge is 2.09. The van der Waals surface area contributed by atoms with Crippen molar-refractivity contribution in [2.24, 2.45) is 0 Å². The van der Waals surface area contributed by atoms with Crippen LogP contribution in [-0.2, 0) is 4.79 Å². The molecule has 0 aromatic heterocycles. The Labute approximate surface area is 141 Å². The van der Waals surface area contributed by atoms with E-state index in [1.807, 2.05) is 0 Å². The van der Waals surface area contributed by atoms with Crippen molar-refractivity contribution in [3.05, 3.63) is 58.3 Å². The minimum absolute atomic E-state index is 0.0116. The van der Waals surface area contributed by atoms with Crippen LogP contribution in [0, 0.1) is 5.82 Å². The van der Waals surface area contributed by atoms with Gasteiger partial charge in [-0.15, -0.1) is 0 Å². The van der Waals surface area contributed by atoms with Crippen LogP contribution in [0.2, 0.25) is 0 Å². The average Bonchev–Trinajstić information content (AvgIpc) is 2.53. The lowest BCUT2D eigenvalue weighted by atomic mass is 10.2. The third-order valence-electron chi connectivity index (χ3n) is 2.89. The van der Waals surface area contributed by atoms with Crippen LogP contribution in [0.5, 0.6) is 5.75 Å². The van der Waals surface area contributed by atoms with Crippen molar-refractivity contribution in [1.29, 1.82) is 0 Å². The number of ether oxygens (including phenoxy) is 1. The number of halogens is 2. The largest absolute Gasteiger partial charge is 0.481 e. The van der Waals surface area contributed by atoms with Gasteiger partial charge in [0.2, 0.25) is 0 Å². The first-order valence-corrected chi connectivity index (χ1v) is 7.48. The maximum atomic E-state index is 13.6. The van der Waals surface area contributed by atoms with E-state index in [0.717, 1.165) is 0 Å². The Hall–Kier alpha value is -2.41. The first kappa shape index (κ1) is 17.0. The van der Waals surface area contributed by atoms with E-state index in [-0.39, 0.29) is 18.3 Å². The Morgan fingerprint density at radius 2 is 2.00 bits per heavy atom. The molecule has 0 bridgehead atoms. The van der Waals surface area contributed by atoms with Gasteiger partial charge in [-0.1, -0.05) is 22.0 Å². The second-order valence-electron chi connectivity index (χ2n) is 4.57. The molecule has 23 heavy (non-hydrogen) atoms. The second kappa shape index (κ2) is 7.73. The SMILES string of the molecule is CNC(=O)c1cccc(NC(=O)COc2ccc(Br)cc2F)c1. The minimum Gasteiger partial charge on any atom is -0.481 e. The molecule has 2 aromatic rings. The van der Waals surface area contributed by atoms with Crippen LogP contribution in [0.4, 0.5) is 10.1 Å². The zero-order chi connectivity index (χ0) is 16.8. The zero-order valence-electron chi connectivity index (χ0n) is 12.2. The van der Waals surface area contributed by atoms with E-state index in [9.17, 15) is 14.0 Å². The van der Waals surface area contributed by atoms with Gasteiger partial charge in [-0.3, -0.25) is 9.59 Å². The number of amides is 2. The quantitative estimate of drug-likeness (QED) is 0.837. The molecule has 0 atom stereocenters. The standard InChI is InChI=1S/C16H14BrFN2O3/c1-19-16(22)10-3-2-4-12(7-10)20-15(21)9-23-14-6-5-11(17)8-13(14)18/h2-8H,9H2,1H3,(H,19,22)(H,20,21). The zero-order valence-corrected chi connectivity index (χ0v) is 13.8. The van der Waals surface area contributed by atoms with Crippen LogP contribution in [0.3, 0.4) is 0 Å². The first-order valence-electron chi connectivity index (χ1n) is 6.69. The van der Waals surface area contributed by atoms with Crippen molar-refractivity contribution in [2.75, 3.05) is 19.0 Å². The number of hydrogen-bond acceptors (Lipinski definition) is 3. The van der Waals surface area contributed by atoms with Gasteiger partial charge in [0.15, 0.2) is 18.2 Å². The van der Waals surface area contributed by atoms with Crippen LogP contribution < -0.4 is 15.4 Å². The fourth-order valence-electron chi connectivity index (χ4n) is 1.82. The number of carbonyl (C=O) groups excluding carboxylic acids is 2. The van der Waals surface area contributed by atoms with Crippen LogP contribution in [0.25, 0.3) is 0 Å². The molecular formula is C16H14BrFN2O3. The molecule has 0 aliphatic rings. The Morgan fingerprint density at radius 3 is 2.70 bits per heavy atom. The number of benzene rings is 2. The molecule has 0 unspecified atom stereocenters. The van der Waals surface area contributed by atoms with Gasteiger partial charge in [0.1, 0.15) is 0 Å². The Balaban J connectivity index is 1.96. The van der Waals surface area contributed by atoms with Gasteiger partial charge in [0.05, 0.1) is 0 Å². The molecule has 2 N–H and O–H groups in total. The Kier molecular flexibility index (Phi) is 5.70. The number of rotatable bonds is 5. The Bertz CT molecular complexity index is 737. The van der Waals surface area contributed by atoms with Crippen molar-refractivity contribution in [1.82, 2.24) is 5.32 Å². The van der Waals surface area contributed by atoms with Crippen LogP contribution in [0.15, 0.2) is 46.9 Å². The van der Waals surface area contributed by atoms with E-state index < -0.39 is 11.7 Å². The molecule has 0 heterocycles. The summed E-state index contributed by atoms with van der Waals surface area (Å²) < 4.78 is 19.3. The molecule has 0 saturated heterocycles. The third kappa shape index (κ3) is 4.79. The summed E-state index contributed by atoms with van der Waals surface area (Å²) in [5.41, 5.74) is 0.876. The van der Waals surface area contributed by atoms with Gasteiger partial charge in [-0.25, -0.2) is 4.39 Å². The van der Waals surface area contributed by atoms with Gasteiger partial charge in [-0.2, -0.15) is 0 Å². The smallest absolute Gasteiger partial charge is 0.262 e. The predicted octanol–water partition coefficient (Wildman–Crippen LogP) is 2.97. The summed E-state index contributed by atoms with van der Waals surface area (Å²) in [6.07, 6.45) is 0. The van der Waals surface area contributed by atoms with Crippen LogP contribution in [0.1, 0.15) is 10.4 Å². The highest BCUT2D eigenvalue weighted by Crippen LogP contribution is 2.21. The summed E-state index contributed by atoms with van der Waals surface area (Å²) >= 11 is 3.14. The molecule has 120 valence electrons. The summed E-state index contributed by atoms with van der Waals surface area (Å²) in [4.78, 5) is 23.4. The highest BCUT2D eigenvalue weighted by atomic mass is 79.9. The highest BCUT2D eigenvalue weighted by molar-refractivity contribution is 9.10. The topological polar surface area (TPSA) is 67.4 Å². The molecule has 0 saturated carbocycles. The van der Waals surface area contributed by atoms with E-state index in [2.05, 4.69) is 26.6 Å². The molecule has 7 heteroatoms. The average molecular weight is 381 g/mol. The van der Waals surface area contributed by atoms with Crippen LogP contribution >= 0.6 is 15.9 Å². The molecule has 2 amide bonds. The third-order valence-corrected chi connectivity index (χ3v) is 3.38. The fraction of sp³-hybridized carbons (Fsp3) is 0.125. The van der Waals surface area contributed by atoms with Crippen molar-refractivity contribution in [3.8, 4) is 5.75 Å². The summed E-state index contributed by atoms with van der Waals surface area (Å²) in [5.74, 6) is -1.29. The summed E-state index contributed by atoms with van der Waals surface area (Å²) in [7, 11) is 1.52. The molecule has 0 spiro atoms. The maximum Gasteiger partial charge on any atom is 0.262 e. The lowest BCUT2D eigenvalue weighted by molar-refractivity contribution is -0.118. The number of nitrogens with one attached hydrogen (secondary N) is 2. The van der Waals surface area contributed by atoms with Gasteiger partial charge in [0.25, 0.3) is 11.8 Å². The van der Waals surface area contributed by atoms with Crippen molar-refractivity contribution in [3.63, 3.8) is 0 Å². The monoisotopic (exact) mass is 380 g/mol. The van der Waals surface area contributed by atoms with Gasteiger partial charge in [0, 0.05) is 22.8 Å². The number of anilines is 1. The second-order valence-corrected chi connectivity index (χ2v) is 5.49. The van der Waals surface area contributed by atoms with Gasteiger partial charge < -0.3 is 15.4 Å². The molecule has 5 nitrogen and oxygen atoms in total. The molecule has 0 aliphatic heterocycles. The molecule has 2 aromatic carbocycles. The van der Waals surface area contributed by atoms with Crippen molar-refractivity contribution >= 4 is 33.4 Å². The molecule has 0 fully saturated rings. The van der Waals surface area contributed by atoms with Crippen LogP contribution in [-0.4, -0.2) is 25.5 Å². The van der Waals surface area contributed by atoms with E-state index in [1.54, 1.807) is 24.3 Å². The predicted molar refractivity (Wildman–Crippen MR) is 88.1 cm³/mol. The summed E-state index contributed by atoms with van der Waals surface area (Å²) in [6.45, 7) is -0.344. The normalized spacial score (nSPS) is 10.0. The maximum absolute atomic E-state index is 13.6. The molecule has 0 aliphatic carbocycles. The summed E-state index contributed by atoms with van der Waals surface area (Å²) in [5, 5.41) is 5.08. The molecular weight excluding hydrogens is 367 g/mol. The van der Waals surface area contributed by atoms with E-state index in [1.165, 1.54) is 25.2 Å². The lowest BCUT2D eigenvalue weighted by Gasteiger charge is -2.09. The fourth-order valence-corrected chi connectivity index (χ4v) is 2.15. The summed E-state index contributed by atoms with van der Waals surface area (Å²) in [6, 6.07) is 10.8. The number of carbonyl (C=O) groups is 2. The van der Waals surface area contributed by atoms with Crippen molar-refractivity contribution < 1.29 is 18.7 Å². The first-order chi connectivity index (χ1) is 11.0. The number of hydrogen-bond donors (Lipinski definition) is 2. The van der Waals surface area contributed by atoms with E-state index in [4.69, 9.17) is 4.74 Å². The van der Waals surface area contributed by atoms with E-state index in [0.29, 0.717) is 15.7 Å². The van der Waals surface area contributed by atoms with Crippen molar-refractivity contribution in [2.45, 2.75) is 0 Å². The lowest BCUT2D eigenvalue weighted by Crippen LogP contribution is -2.21. The van der Waals surface area contributed by atoms with Gasteiger partial charge >= 0.3 is 0 Å².